The van der Waals surface area contributed by atoms with Crippen LogP contribution in [0.5, 0.6) is 0 Å². The molecule has 5 N–H and O–H groups in total. The molecule has 19 heavy (non-hydrogen) atoms. The zero-order chi connectivity index (χ0) is 14.5. The van der Waals surface area contributed by atoms with Gasteiger partial charge in [0.1, 0.15) is 6.04 Å². The topological polar surface area (TPSA) is 130 Å². The van der Waals surface area contributed by atoms with Crippen molar-refractivity contribution in [2.24, 2.45) is 5.73 Å². The van der Waals surface area contributed by atoms with Gasteiger partial charge in [-0.25, -0.2) is 4.79 Å². The molecule has 1 aliphatic rings. The molecule has 1 saturated carbocycles. The van der Waals surface area contributed by atoms with E-state index in [4.69, 9.17) is 15.9 Å². The summed E-state index contributed by atoms with van der Waals surface area (Å²) in [5.74, 6) is -2.52. The lowest BCUT2D eigenvalue weighted by atomic mass is 9.75. The second kappa shape index (κ2) is 6.51. The van der Waals surface area contributed by atoms with Gasteiger partial charge in [0, 0.05) is 18.4 Å². The van der Waals surface area contributed by atoms with E-state index in [0.717, 1.165) is 19.3 Å². The SMILES string of the molecule is NC1(CC(=O)N[C@H](CCCC(=O)O)C(=O)O)CCC1. The van der Waals surface area contributed by atoms with Gasteiger partial charge in [-0.05, 0) is 32.1 Å². The minimum Gasteiger partial charge on any atom is -0.481 e. The largest absolute Gasteiger partial charge is 0.481 e. The van der Waals surface area contributed by atoms with Gasteiger partial charge in [0.25, 0.3) is 0 Å². The Kier molecular flexibility index (Phi) is 5.29. The van der Waals surface area contributed by atoms with E-state index in [1.807, 2.05) is 0 Å². The molecule has 1 rings (SSSR count). The maximum Gasteiger partial charge on any atom is 0.326 e. The van der Waals surface area contributed by atoms with Crippen molar-refractivity contribution in [2.75, 3.05) is 0 Å². The number of carboxylic acid groups (broad SMARTS) is 2. The predicted molar refractivity (Wildman–Crippen MR) is 66.4 cm³/mol. The minimum atomic E-state index is -1.15. The van der Waals surface area contributed by atoms with Crippen LogP contribution in [0.1, 0.15) is 44.9 Å². The number of carboxylic acids is 2. The van der Waals surface area contributed by atoms with Crippen molar-refractivity contribution < 1.29 is 24.6 Å². The van der Waals surface area contributed by atoms with Crippen LogP contribution in [0.3, 0.4) is 0 Å². The summed E-state index contributed by atoms with van der Waals surface area (Å²) >= 11 is 0. The maximum atomic E-state index is 11.7. The lowest BCUT2D eigenvalue weighted by molar-refractivity contribution is -0.143. The molecule has 0 spiro atoms. The fourth-order valence-corrected chi connectivity index (χ4v) is 2.09. The molecule has 1 fully saturated rings. The lowest BCUT2D eigenvalue weighted by Gasteiger charge is -2.37. The Morgan fingerprint density at radius 2 is 1.89 bits per heavy atom. The van der Waals surface area contributed by atoms with Crippen molar-refractivity contribution in [2.45, 2.75) is 56.5 Å². The molecule has 108 valence electrons. The molecule has 7 heteroatoms. The first-order valence-electron chi connectivity index (χ1n) is 6.35. The Balaban J connectivity index is 2.37. The number of hydrogen-bond donors (Lipinski definition) is 4. The summed E-state index contributed by atoms with van der Waals surface area (Å²) in [5.41, 5.74) is 5.42. The van der Waals surface area contributed by atoms with E-state index in [1.165, 1.54) is 0 Å². The smallest absolute Gasteiger partial charge is 0.326 e. The number of amides is 1. The Morgan fingerprint density at radius 3 is 2.32 bits per heavy atom. The summed E-state index contributed by atoms with van der Waals surface area (Å²) in [7, 11) is 0. The highest BCUT2D eigenvalue weighted by Crippen LogP contribution is 2.31. The molecule has 0 unspecified atom stereocenters. The second-order valence-electron chi connectivity index (χ2n) is 5.14. The van der Waals surface area contributed by atoms with Gasteiger partial charge in [-0.3, -0.25) is 9.59 Å². The molecule has 1 amide bonds. The van der Waals surface area contributed by atoms with Crippen LogP contribution in [0, 0.1) is 0 Å². The first kappa shape index (κ1) is 15.4. The number of hydrogen-bond acceptors (Lipinski definition) is 4. The summed E-state index contributed by atoms with van der Waals surface area (Å²) in [6.45, 7) is 0. The van der Waals surface area contributed by atoms with Gasteiger partial charge in [0.05, 0.1) is 0 Å². The fourth-order valence-electron chi connectivity index (χ4n) is 2.09. The predicted octanol–water partition coefficient (Wildman–Crippen LogP) is 0.0822. The maximum absolute atomic E-state index is 11.7. The molecule has 0 aromatic heterocycles. The Labute approximate surface area is 111 Å². The molecule has 0 aromatic carbocycles. The monoisotopic (exact) mass is 272 g/mol. The number of aliphatic carboxylic acids is 2. The summed E-state index contributed by atoms with van der Waals surface area (Å²) < 4.78 is 0. The third-order valence-electron chi connectivity index (χ3n) is 3.38. The van der Waals surface area contributed by atoms with E-state index < -0.39 is 23.5 Å². The number of rotatable bonds is 8. The number of nitrogens with one attached hydrogen (secondary N) is 1. The van der Waals surface area contributed by atoms with E-state index in [-0.39, 0.29) is 31.6 Å². The summed E-state index contributed by atoms with van der Waals surface area (Å²) in [6, 6.07) is -1.05. The molecule has 0 bridgehead atoms. The molecule has 1 aliphatic carbocycles. The zero-order valence-corrected chi connectivity index (χ0v) is 10.7. The van der Waals surface area contributed by atoms with Crippen molar-refractivity contribution in [1.82, 2.24) is 5.32 Å². The fraction of sp³-hybridized carbons (Fsp3) is 0.750. The Hall–Kier alpha value is -1.63. The molecule has 0 aliphatic heterocycles. The molecule has 0 saturated heterocycles. The molecular weight excluding hydrogens is 252 g/mol. The van der Waals surface area contributed by atoms with E-state index >= 15 is 0 Å². The van der Waals surface area contributed by atoms with Crippen molar-refractivity contribution in [3.05, 3.63) is 0 Å². The van der Waals surface area contributed by atoms with Gasteiger partial charge in [0.15, 0.2) is 0 Å². The van der Waals surface area contributed by atoms with E-state index in [0.29, 0.717) is 0 Å². The van der Waals surface area contributed by atoms with Crippen molar-refractivity contribution in [1.29, 1.82) is 0 Å². The number of carbonyl (C=O) groups is 3. The van der Waals surface area contributed by atoms with E-state index in [1.54, 1.807) is 0 Å². The van der Waals surface area contributed by atoms with Gasteiger partial charge < -0.3 is 21.3 Å². The number of nitrogens with two attached hydrogens (primary N) is 1. The van der Waals surface area contributed by atoms with Crippen LogP contribution in [-0.4, -0.2) is 39.6 Å². The molecular formula is C12H20N2O5. The molecule has 0 heterocycles. The molecule has 0 radical (unpaired) electrons. The average Bonchev–Trinajstić information content (AvgIpc) is 2.24. The lowest BCUT2D eigenvalue weighted by Crippen LogP contribution is -2.52. The van der Waals surface area contributed by atoms with Crippen LogP contribution < -0.4 is 11.1 Å². The van der Waals surface area contributed by atoms with Gasteiger partial charge >= 0.3 is 11.9 Å². The molecule has 7 nitrogen and oxygen atoms in total. The van der Waals surface area contributed by atoms with Crippen LogP contribution in [0.2, 0.25) is 0 Å². The van der Waals surface area contributed by atoms with Crippen molar-refractivity contribution in [3.63, 3.8) is 0 Å². The highest BCUT2D eigenvalue weighted by atomic mass is 16.4. The van der Waals surface area contributed by atoms with Crippen LogP contribution >= 0.6 is 0 Å². The third kappa shape index (κ3) is 5.25. The van der Waals surface area contributed by atoms with Gasteiger partial charge in [-0.2, -0.15) is 0 Å². The quantitative estimate of drug-likeness (QED) is 0.495. The van der Waals surface area contributed by atoms with E-state index in [2.05, 4.69) is 5.32 Å². The van der Waals surface area contributed by atoms with E-state index in [9.17, 15) is 14.4 Å². The van der Waals surface area contributed by atoms with Crippen LogP contribution in [-0.2, 0) is 14.4 Å². The van der Waals surface area contributed by atoms with Crippen LogP contribution in [0.25, 0.3) is 0 Å². The first-order chi connectivity index (χ1) is 8.82. The van der Waals surface area contributed by atoms with Crippen molar-refractivity contribution in [3.8, 4) is 0 Å². The van der Waals surface area contributed by atoms with Gasteiger partial charge in [0.2, 0.25) is 5.91 Å². The summed E-state index contributed by atoms with van der Waals surface area (Å²) in [4.78, 5) is 33.0. The minimum absolute atomic E-state index is 0.102. The molecule has 0 aromatic rings. The summed E-state index contributed by atoms with van der Waals surface area (Å²) in [6.07, 6.45) is 2.86. The van der Waals surface area contributed by atoms with Crippen molar-refractivity contribution >= 4 is 17.8 Å². The first-order valence-corrected chi connectivity index (χ1v) is 6.35. The highest BCUT2D eigenvalue weighted by molar-refractivity contribution is 5.84. The highest BCUT2D eigenvalue weighted by Gasteiger charge is 2.35. The van der Waals surface area contributed by atoms with Gasteiger partial charge in [-0.15, -0.1) is 0 Å². The second-order valence-corrected chi connectivity index (χ2v) is 5.14. The summed E-state index contributed by atoms with van der Waals surface area (Å²) in [5, 5.41) is 19.9. The standard InChI is InChI=1S/C12H20N2O5/c13-12(5-2-6-12)7-9(15)14-8(11(18)19)3-1-4-10(16)17/h8H,1-7,13H2,(H,14,15)(H,16,17)(H,18,19)/t8-/m1/s1. The Morgan fingerprint density at radius 1 is 1.26 bits per heavy atom. The normalized spacial score (nSPS) is 18.2. The molecule has 1 atom stereocenters. The van der Waals surface area contributed by atoms with Crippen LogP contribution in [0.4, 0.5) is 0 Å². The number of carbonyl (C=O) groups excluding carboxylic acids is 1. The zero-order valence-electron chi connectivity index (χ0n) is 10.7. The average molecular weight is 272 g/mol. The third-order valence-corrected chi connectivity index (χ3v) is 3.38. The Bertz CT molecular complexity index is 365. The van der Waals surface area contributed by atoms with Crippen LogP contribution in [0.15, 0.2) is 0 Å². The van der Waals surface area contributed by atoms with Gasteiger partial charge in [-0.1, -0.05) is 0 Å².